The van der Waals surface area contributed by atoms with Crippen molar-refractivity contribution in [3.8, 4) is 0 Å². The summed E-state index contributed by atoms with van der Waals surface area (Å²) in [7, 11) is 1.60. The summed E-state index contributed by atoms with van der Waals surface area (Å²) in [5.74, 6) is -0.229. The Morgan fingerprint density at radius 3 is 3.00 bits per heavy atom. The van der Waals surface area contributed by atoms with Crippen molar-refractivity contribution in [3.05, 3.63) is 16.6 Å². The summed E-state index contributed by atoms with van der Waals surface area (Å²) in [5, 5.41) is 4.33. The summed E-state index contributed by atoms with van der Waals surface area (Å²) in [6, 6.07) is -0.344. The summed E-state index contributed by atoms with van der Waals surface area (Å²) in [6.07, 6.45) is 2.66. The maximum atomic E-state index is 12.2. The van der Waals surface area contributed by atoms with Gasteiger partial charge in [0.05, 0.1) is 5.51 Å². The summed E-state index contributed by atoms with van der Waals surface area (Å²) >= 11 is 1.39. The second kappa shape index (κ2) is 5.27. The number of likely N-dealkylation sites (N-methyl/N-ethyl adjacent to an activating group) is 1. The molecule has 0 aliphatic carbocycles. The van der Waals surface area contributed by atoms with Gasteiger partial charge in [-0.15, -0.1) is 11.3 Å². The molecule has 0 saturated carbocycles. The summed E-state index contributed by atoms with van der Waals surface area (Å²) in [6.45, 7) is 0.633. The highest BCUT2D eigenvalue weighted by atomic mass is 32.1. The van der Waals surface area contributed by atoms with Gasteiger partial charge in [0.2, 0.25) is 5.91 Å². The number of carbonyl (C=O) groups excluding carboxylic acids is 2. The fourth-order valence-corrected chi connectivity index (χ4v) is 2.60. The van der Waals surface area contributed by atoms with Crippen LogP contribution in [-0.2, 0) is 4.79 Å². The SMILES string of the molecule is CNC(=O)C1CCCCN1C(=O)c1cscn1. The van der Waals surface area contributed by atoms with E-state index in [-0.39, 0.29) is 17.9 Å². The van der Waals surface area contributed by atoms with Crippen LogP contribution in [-0.4, -0.2) is 41.3 Å². The molecule has 1 aliphatic heterocycles. The van der Waals surface area contributed by atoms with Crippen LogP contribution < -0.4 is 5.32 Å². The third kappa shape index (κ3) is 2.46. The van der Waals surface area contributed by atoms with Crippen molar-refractivity contribution in [1.82, 2.24) is 15.2 Å². The Bertz CT molecular complexity index is 405. The molecule has 6 heteroatoms. The second-order valence-electron chi connectivity index (χ2n) is 4.00. The minimum atomic E-state index is -0.344. The fraction of sp³-hybridized carbons (Fsp3) is 0.545. The van der Waals surface area contributed by atoms with Crippen LogP contribution in [0.15, 0.2) is 10.9 Å². The van der Waals surface area contributed by atoms with Crippen LogP contribution in [0.1, 0.15) is 29.8 Å². The molecule has 2 rings (SSSR count). The van der Waals surface area contributed by atoms with Crippen LogP contribution in [0.25, 0.3) is 0 Å². The normalized spacial score (nSPS) is 20.1. The second-order valence-corrected chi connectivity index (χ2v) is 4.72. The standard InChI is InChI=1S/C11H15N3O2S/c1-12-10(15)9-4-2-3-5-14(9)11(16)8-6-17-7-13-8/h6-7,9H,2-5H2,1H3,(H,12,15). The van der Waals surface area contributed by atoms with Crippen molar-refractivity contribution in [2.24, 2.45) is 0 Å². The number of rotatable bonds is 2. The van der Waals surface area contributed by atoms with Crippen LogP contribution in [0, 0.1) is 0 Å². The van der Waals surface area contributed by atoms with Crippen molar-refractivity contribution in [2.45, 2.75) is 25.3 Å². The Balaban J connectivity index is 2.16. The van der Waals surface area contributed by atoms with Crippen LogP contribution in [0.2, 0.25) is 0 Å². The minimum absolute atomic E-state index is 0.0896. The highest BCUT2D eigenvalue weighted by Gasteiger charge is 2.32. The van der Waals surface area contributed by atoms with E-state index in [1.807, 2.05) is 0 Å². The largest absolute Gasteiger partial charge is 0.357 e. The molecule has 1 aliphatic rings. The van der Waals surface area contributed by atoms with E-state index in [2.05, 4.69) is 10.3 Å². The summed E-state index contributed by atoms with van der Waals surface area (Å²) in [5.41, 5.74) is 2.07. The molecule has 1 aromatic heterocycles. The van der Waals surface area contributed by atoms with Crippen molar-refractivity contribution in [2.75, 3.05) is 13.6 Å². The first kappa shape index (κ1) is 12.0. The van der Waals surface area contributed by atoms with Crippen LogP contribution >= 0.6 is 11.3 Å². The highest BCUT2D eigenvalue weighted by Crippen LogP contribution is 2.19. The van der Waals surface area contributed by atoms with Gasteiger partial charge in [-0.25, -0.2) is 4.98 Å². The Hall–Kier alpha value is -1.43. The molecule has 1 N–H and O–H groups in total. The highest BCUT2D eigenvalue weighted by molar-refractivity contribution is 7.07. The summed E-state index contributed by atoms with van der Waals surface area (Å²) < 4.78 is 0. The van der Waals surface area contributed by atoms with Gasteiger partial charge in [0, 0.05) is 19.0 Å². The lowest BCUT2D eigenvalue weighted by atomic mass is 10.0. The van der Waals surface area contributed by atoms with Gasteiger partial charge >= 0.3 is 0 Å². The molecule has 5 nitrogen and oxygen atoms in total. The van der Waals surface area contributed by atoms with Crippen molar-refractivity contribution in [3.63, 3.8) is 0 Å². The van der Waals surface area contributed by atoms with Crippen molar-refractivity contribution < 1.29 is 9.59 Å². The first-order valence-corrected chi connectivity index (χ1v) is 6.59. The number of piperidine rings is 1. The zero-order chi connectivity index (χ0) is 12.3. The number of hydrogen-bond donors (Lipinski definition) is 1. The van der Waals surface area contributed by atoms with E-state index >= 15 is 0 Å². The van der Waals surface area contributed by atoms with Crippen molar-refractivity contribution >= 4 is 23.2 Å². The van der Waals surface area contributed by atoms with Gasteiger partial charge in [-0.2, -0.15) is 0 Å². The molecule has 1 atom stereocenters. The maximum Gasteiger partial charge on any atom is 0.274 e. The monoisotopic (exact) mass is 253 g/mol. The number of nitrogens with one attached hydrogen (secondary N) is 1. The van der Waals surface area contributed by atoms with E-state index in [4.69, 9.17) is 0 Å². The molecule has 0 radical (unpaired) electrons. The Morgan fingerprint density at radius 2 is 2.35 bits per heavy atom. The summed E-state index contributed by atoms with van der Waals surface area (Å²) in [4.78, 5) is 29.6. The molecule has 0 bridgehead atoms. The number of nitrogens with zero attached hydrogens (tertiary/aromatic N) is 2. The maximum absolute atomic E-state index is 12.2. The lowest BCUT2D eigenvalue weighted by Crippen LogP contribution is -2.51. The molecular formula is C11H15N3O2S. The van der Waals surface area contributed by atoms with Gasteiger partial charge in [-0.05, 0) is 19.3 Å². The molecule has 0 aromatic carbocycles. The third-order valence-electron chi connectivity index (χ3n) is 2.96. The lowest BCUT2D eigenvalue weighted by Gasteiger charge is -2.33. The van der Waals surface area contributed by atoms with Gasteiger partial charge in [-0.1, -0.05) is 0 Å². The first-order chi connectivity index (χ1) is 8.24. The average molecular weight is 253 g/mol. The molecule has 2 amide bonds. The third-order valence-corrected chi connectivity index (χ3v) is 3.55. The zero-order valence-electron chi connectivity index (χ0n) is 9.68. The van der Waals surface area contributed by atoms with Crippen LogP contribution in [0.5, 0.6) is 0 Å². The predicted molar refractivity (Wildman–Crippen MR) is 64.9 cm³/mol. The average Bonchev–Trinajstić information content (AvgIpc) is 2.91. The molecule has 0 spiro atoms. The van der Waals surface area contributed by atoms with E-state index in [1.54, 1.807) is 22.8 Å². The van der Waals surface area contributed by atoms with Crippen LogP contribution in [0.4, 0.5) is 0 Å². The number of likely N-dealkylation sites (tertiary alicyclic amines) is 1. The number of amides is 2. The number of aromatic nitrogens is 1. The van der Waals surface area contributed by atoms with E-state index in [0.29, 0.717) is 12.2 Å². The number of carbonyl (C=O) groups is 2. The van der Waals surface area contributed by atoms with Gasteiger partial charge in [0.15, 0.2) is 0 Å². The fourth-order valence-electron chi connectivity index (χ4n) is 2.08. The molecule has 1 aromatic rings. The van der Waals surface area contributed by atoms with E-state index < -0.39 is 0 Å². The predicted octanol–water partition coefficient (Wildman–Crippen LogP) is 0.884. The smallest absolute Gasteiger partial charge is 0.274 e. The molecular weight excluding hydrogens is 238 g/mol. The van der Waals surface area contributed by atoms with E-state index in [0.717, 1.165) is 19.3 Å². The van der Waals surface area contributed by atoms with E-state index in [1.165, 1.54) is 11.3 Å². The molecule has 1 fully saturated rings. The molecule has 2 heterocycles. The van der Waals surface area contributed by atoms with Gasteiger partial charge in [-0.3, -0.25) is 9.59 Å². The Labute approximate surface area is 104 Å². The van der Waals surface area contributed by atoms with Gasteiger partial charge in [0.25, 0.3) is 5.91 Å². The molecule has 92 valence electrons. The van der Waals surface area contributed by atoms with E-state index in [9.17, 15) is 9.59 Å². The van der Waals surface area contributed by atoms with Crippen LogP contribution in [0.3, 0.4) is 0 Å². The molecule has 17 heavy (non-hydrogen) atoms. The number of thiazole rings is 1. The topological polar surface area (TPSA) is 62.3 Å². The van der Waals surface area contributed by atoms with Gasteiger partial charge < -0.3 is 10.2 Å². The molecule has 1 saturated heterocycles. The Kier molecular flexibility index (Phi) is 3.73. The number of hydrogen-bond acceptors (Lipinski definition) is 4. The lowest BCUT2D eigenvalue weighted by molar-refractivity contribution is -0.126. The quantitative estimate of drug-likeness (QED) is 0.851. The van der Waals surface area contributed by atoms with Gasteiger partial charge in [0.1, 0.15) is 11.7 Å². The first-order valence-electron chi connectivity index (χ1n) is 5.65. The zero-order valence-corrected chi connectivity index (χ0v) is 10.5. The van der Waals surface area contributed by atoms with Crippen molar-refractivity contribution in [1.29, 1.82) is 0 Å². The minimum Gasteiger partial charge on any atom is -0.357 e. The Morgan fingerprint density at radius 1 is 1.53 bits per heavy atom. The molecule has 1 unspecified atom stereocenters.